The monoisotopic (exact) mass is 227 g/mol. The van der Waals surface area contributed by atoms with Crippen LogP contribution in [0.1, 0.15) is 34.1 Å². The van der Waals surface area contributed by atoms with E-state index in [4.69, 9.17) is 5.73 Å². The molecule has 0 radical (unpaired) electrons. The molecule has 0 saturated carbocycles. The van der Waals surface area contributed by atoms with E-state index in [1.165, 1.54) is 0 Å². The van der Waals surface area contributed by atoms with Crippen LogP contribution in [0.2, 0.25) is 0 Å². The molecule has 0 aliphatic carbocycles. The van der Waals surface area contributed by atoms with E-state index in [1.807, 2.05) is 14.0 Å². The van der Waals surface area contributed by atoms with Gasteiger partial charge in [0.05, 0.1) is 5.66 Å². The zero-order valence-corrected chi connectivity index (χ0v) is 11.4. The van der Waals surface area contributed by atoms with Crippen molar-refractivity contribution in [3.63, 3.8) is 0 Å². The Morgan fingerprint density at radius 1 is 1.31 bits per heavy atom. The van der Waals surface area contributed by atoms with Gasteiger partial charge in [0.15, 0.2) is 0 Å². The first-order valence-electron chi connectivity index (χ1n) is 5.88. The first-order valence-corrected chi connectivity index (χ1v) is 5.88. The van der Waals surface area contributed by atoms with Crippen LogP contribution in [0, 0.1) is 11.3 Å². The van der Waals surface area contributed by atoms with Gasteiger partial charge in [-0.3, -0.25) is 0 Å². The van der Waals surface area contributed by atoms with Gasteiger partial charge in [-0.05, 0) is 24.7 Å². The van der Waals surface area contributed by atoms with Crippen molar-refractivity contribution in [1.29, 1.82) is 0 Å². The predicted molar refractivity (Wildman–Crippen MR) is 65.9 cm³/mol. The van der Waals surface area contributed by atoms with Crippen molar-refractivity contribution in [3.05, 3.63) is 0 Å². The second-order valence-corrected chi connectivity index (χ2v) is 6.04. The molecule has 1 aliphatic rings. The van der Waals surface area contributed by atoms with Crippen LogP contribution in [0.3, 0.4) is 0 Å². The molecular formula is C12H25N3O. The molecule has 2 atom stereocenters. The smallest absolute Gasteiger partial charge is 0.320 e. The molecular weight excluding hydrogens is 202 g/mol. The number of nitrogens with zero attached hydrogens (tertiary/aromatic N) is 2. The van der Waals surface area contributed by atoms with Crippen molar-refractivity contribution in [2.75, 3.05) is 20.6 Å². The van der Waals surface area contributed by atoms with Crippen LogP contribution < -0.4 is 5.73 Å². The zero-order valence-electron chi connectivity index (χ0n) is 11.4. The summed E-state index contributed by atoms with van der Waals surface area (Å²) in [5.41, 5.74) is 5.77. The average molecular weight is 227 g/mol. The maximum atomic E-state index is 12.0. The second-order valence-electron chi connectivity index (χ2n) is 6.04. The van der Waals surface area contributed by atoms with Crippen LogP contribution in [-0.4, -0.2) is 42.1 Å². The Morgan fingerprint density at radius 3 is 2.25 bits per heavy atom. The molecule has 0 aromatic rings. The fourth-order valence-corrected chi connectivity index (χ4v) is 2.46. The van der Waals surface area contributed by atoms with Gasteiger partial charge < -0.3 is 15.5 Å². The quantitative estimate of drug-likeness (QED) is 0.741. The molecule has 0 bridgehead atoms. The first-order chi connectivity index (χ1) is 7.10. The molecule has 2 unspecified atom stereocenters. The summed E-state index contributed by atoms with van der Waals surface area (Å²) in [5.74, 6) is 0.497. The minimum Gasteiger partial charge on any atom is -0.327 e. The molecule has 1 heterocycles. The summed E-state index contributed by atoms with van der Waals surface area (Å²) in [6, 6.07) is 0.00868. The van der Waals surface area contributed by atoms with E-state index in [1.54, 1.807) is 16.8 Å². The fourth-order valence-electron chi connectivity index (χ4n) is 2.46. The fraction of sp³-hybridized carbons (Fsp3) is 0.917. The third-order valence-corrected chi connectivity index (χ3v) is 4.13. The summed E-state index contributed by atoms with van der Waals surface area (Å²) in [7, 11) is 3.63. The Kier molecular flexibility index (Phi) is 3.25. The van der Waals surface area contributed by atoms with Crippen LogP contribution >= 0.6 is 0 Å². The highest BCUT2D eigenvalue weighted by Gasteiger charge is 2.44. The van der Waals surface area contributed by atoms with Gasteiger partial charge >= 0.3 is 6.03 Å². The van der Waals surface area contributed by atoms with E-state index >= 15 is 0 Å². The van der Waals surface area contributed by atoms with E-state index in [0.29, 0.717) is 5.92 Å². The molecule has 0 spiro atoms. The molecule has 94 valence electrons. The second kappa shape index (κ2) is 3.91. The topological polar surface area (TPSA) is 49.6 Å². The molecule has 4 heteroatoms. The van der Waals surface area contributed by atoms with Crippen molar-refractivity contribution >= 4 is 6.03 Å². The first kappa shape index (κ1) is 13.3. The molecule has 4 nitrogen and oxygen atoms in total. The maximum Gasteiger partial charge on any atom is 0.320 e. The molecule has 1 fully saturated rings. The van der Waals surface area contributed by atoms with E-state index < -0.39 is 5.66 Å². The molecule has 2 amide bonds. The van der Waals surface area contributed by atoms with Gasteiger partial charge in [0.1, 0.15) is 0 Å². The summed E-state index contributed by atoms with van der Waals surface area (Å²) in [6.45, 7) is 9.30. The number of carbonyl (C=O) groups excluding carboxylic acids is 1. The maximum absolute atomic E-state index is 12.0. The normalized spacial score (nSPS) is 36.9. The van der Waals surface area contributed by atoms with Gasteiger partial charge in [-0.2, -0.15) is 0 Å². The number of amides is 2. The third-order valence-electron chi connectivity index (χ3n) is 4.13. The van der Waals surface area contributed by atoms with Gasteiger partial charge in [-0.1, -0.05) is 20.8 Å². The Bertz CT molecular complexity index is 288. The number of rotatable bonds is 1. The average Bonchev–Trinajstić information content (AvgIpc) is 2.17. The summed E-state index contributed by atoms with van der Waals surface area (Å²) >= 11 is 0. The predicted octanol–water partition coefficient (Wildman–Crippen LogP) is 1.71. The highest BCUT2D eigenvalue weighted by atomic mass is 16.2. The molecule has 0 aromatic heterocycles. The van der Waals surface area contributed by atoms with Crippen LogP contribution in [0.4, 0.5) is 4.79 Å². The van der Waals surface area contributed by atoms with Gasteiger partial charge in [0.25, 0.3) is 0 Å². The van der Waals surface area contributed by atoms with Crippen molar-refractivity contribution < 1.29 is 4.79 Å². The summed E-state index contributed by atoms with van der Waals surface area (Å²) in [6.07, 6.45) is 0.824. The van der Waals surface area contributed by atoms with Crippen LogP contribution in [0.25, 0.3) is 0 Å². The Balaban J connectivity index is 3.10. The zero-order chi connectivity index (χ0) is 12.7. The molecule has 0 aromatic carbocycles. The standard InChI is InChI=1S/C12H25N3O/c1-9(2)11(3)7-12(4,13)15(6)10(16)14(5)8-11/h9H,7-8,13H2,1-6H3. The van der Waals surface area contributed by atoms with Gasteiger partial charge in [-0.25, -0.2) is 4.79 Å². The SMILES string of the molecule is CC(C)C1(C)CN(C)C(=O)N(C)C(C)(N)C1. The van der Waals surface area contributed by atoms with E-state index in [2.05, 4.69) is 20.8 Å². The summed E-state index contributed by atoms with van der Waals surface area (Å²) in [5, 5.41) is 0. The van der Waals surface area contributed by atoms with Crippen molar-refractivity contribution in [1.82, 2.24) is 9.80 Å². The largest absolute Gasteiger partial charge is 0.327 e. The lowest BCUT2D eigenvalue weighted by atomic mass is 9.73. The van der Waals surface area contributed by atoms with Crippen molar-refractivity contribution in [2.45, 2.75) is 39.8 Å². The number of hydrogen-bond acceptors (Lipinski definition) is 2. The molecule has 16 heavy (non-hydrogen) atoms. The summed E-state index contributed by atoms with van der Waals surface area (Å²) < 4.78 is 0. The molecule has 1 aliphatic heterocycles. The van der Waals surface area contributed by atoms with E-state index in [-0.39, 0.29) is 11.4 Å². The highest BCUT2D eigenvalue weighted by molar-refractivity contribution is 5.75. The minimum atomic E-state index is -0.569. The van der Waals surface area contributed by atoms with Gasteiger partial charge in [0, 0.05) is 20.6 Å². The highest BCUT2D eigenvalue weighted by Crippen LogP contribution is 2.39. The Labute approximate surface area is 98.8 Å². The lowest BCUT2D eigenvalue weighted by Crippen LogP contribution is -2.56. The van der Waals surface area contributed by atoms with Crippen molar-refractivity contribution in [3.8, 4) is 0 Å². The van der Waals surface area contributed by atoms with Crippen LogP contribution in [0.5, 0.6) is 0 Å². The lowest BCUT2D eigenvalue weighted by Gasteiger charge is -2.40. The third kappa shape index (κ3) is 2.17. The van der Waals surface area contributed by atoms with Crippen molar-refractivity contribution in [2.24, 2.45) is 17.1 Å². The number of urea groups is 1. The minimum absolute atomic E-state index is 0.00868. The number of carbonyl (C=O) groups is 1. The van der Waals surface area contributed by atoms with E-state index in [0.717, 1.165) is 13.0 Å². The molecule has 1 rings (SSSR count). The number of hydrogen-bond donors (Lipinski definition) is 1. The Hall–Kier alpha value is -0.770. The lowest BCUT2D eigenvalue weighted by molar-refractivity contribution is 0.101. The molecule has 2 N–H and O–H groups in total. The number of nitrogens with two attached hydrogens (primary N) is 1. The van der Waals surface area contributed by atoms with Gasteiger partial charge in [0.2, 0.25) is 0 Å². The molecule has 1 saturated heterocycles. The summed E-state index contributed by atoms with van der Waals surface area (Å²) in [4.78, 5) is 15.5. The van der Waals surface area contributed by atoms with Crippen LogP contribution in [0.15, 0.2) is 0 Å². The Morgan fingerprint density at radius 2 is 1.81 bits per heavy atom. The van der Waals surface area contributed by atoms with Gasteiger partial charge in [-0.15, -0.1) is 0 Å². The van der Waals surface area contributed by atoms with E-state index in [9.17, 15) is 4.79 Å². The van der Waals surface area contributed by atoms with Crippen LogP contribution in [-0.2, 0) is 0 Å².